The molecular formula is C38H47N3O8. The SMILES string of the molecule is C=CCCC(=O)NC[C@@H](OC(=O)[C@@H]1[C@@H]2CC[C@]3(O2)[C@H](C(=O)N(CC=C)c2ccc(OC)cc2)N(CCCCCO)C(=O)[C@@H]13)c1ccccc1. The Bertz CT molecular complexity index is 1500. The summed E-state index contributed by atoms with van der Waals surface area (Å²) in [6, 6.07) is 15.3. The van der Waals surface area contributed by atoms with Crippen molar-refractivity contribution in [1.29, 1.82) is 0 Å². The number of methoxy groups -OCH3 is 1. The summed E-state index contributed by atoms with van der Waals surface area (Å²) in [5, 5.41) is 12.2. The van der Waals surface area contributed by atoms with Gasteiger partial charge in [-0.3, -0.25) is 19.2 Å². The highest BCUT2D eigenvalue weighted by Crippen LogP contribution is 2.59. The van der Waals surface area contributed by atoms with Gasteiger partial charge in [-0.1, -0.05) is 42.5 Å². The number of nitrogens with zero attached hydrogens (tertiary/aromatic N) is 2. The van der Waals surface area contributed by atoms with Crippen LogP contribution in [0.15, 0.2) is 79.9 Å². The third-order valence-electron chi connectivity index (χ3n) is 9.82. The van der Waals surface area contributed by atoms with Gasteiger partial charge in [0.25, 0.3) is 5.91 Å². The van der Waals surface area contributed by atoms with Crippen LogP contribution in [-0.4, -0.2) is 84.8 Å². The fraction of sp³-hybridized carbons (Fsp3) is 0.474. The van der Waals surface area contributed by atoms with E-state index in [-0.39, 0.29) is 50.4 Å². The van der Waals surface area contributed by atoms with Gasteiger partial charge in [-0.25, -0.2) is 0 Å². The molecule has 11 nitrogen and oxygen atoms in total. The van der Waals surface area contributed by atoms with Gasteiger partial charge in [0.15, 0.2) is 0 Å². The quantitative estimate of drug-likeness (QED) is 0.137. The zero-order chi connectivity index (χ0) is 35.0. The standard InChI is InChI=1S/C38H47N3O8/c1-4-6-15-31(43)39-25-30(26-13-9-7-10-14-26)48-37(46)32-29-20-21-38(49-29)33(32)35(44)41(23-11-8-12-24-42)34(38)36(45)40(22-5-2)27-16-18-28(47-3)19-17-27/h4-5,7,9-10,13-14,16-19,29-30,32-34,42H,1-2,6,8,11-12,15,20-25H2,3H3,(H,39,43)/t29-,30+,32+,33+,34-,38+/m0/s1. The minimum absolute atomic E-state index is 0.0312. The van der Waals surface area contributed by atoms with Crippen LogP contribution in [0.25, 0.3) is 0 Å². The smallest absolute Gasteiger partial charge is 0.313 e. The molecule has 0 saturated carbocycles. The lowest BCUT2D eigenvalue weighted by Crippen LogP contribution is -2.56. The highest BCUT2D eigenvalue weighted by atomic mass is 16.6. The van der Waals surface area contributed by atoms with Gasteiger partial charge < -0.3 is 34.4 Å². The molecular weight excluding hydrogens is 626 g/mol. The second-order valence-corrected chi connectivity index (χ2v) is 12.8. The van der Waals surface area contributed by atoms with E-state index in [0.717, 1.165) is 0 Å². The van der Waals surface area contributed by atoms with E-state index >= 15 is 0 Å². The Hall–Kier alpha value is -4.48. The minimum Gasteiger partial charge on any atom is -0.497 e. The molecule has 0 radical (unpaired) electrons. The van der Waals surface area contributed by atoms with Crippen LogP contribution >= 0.6 is 0 Å². The lowest BCUT2D eigenvalue weighted by atomic mass is 9.70. The fourth-order valence-corrected chi connectivity index (χ4v) is 7.52. The maximum atomic E-state index is 14.7. The van der Waals surface area contributed by atoms with Crippen molar-refractivity contribution >= 4 is 29.4 Å². The van der Waals surface area contributed by atoms with Crippen LogP contribution in [0, 0.1) is 11.8 Å². The van der Waals surface area contributed by atoms with Crippen molar-refractivity contribution in [1.82, 2.24) is 10.2 Å². The summed E-state index contributed by atoms with van der Waals surface area (Å²) < 4.78 is 18.1. The van der Waals surface area contributed by atoms with Crippen molar-refractivity contribution in [3.05, 3.63) is 85.5 Å². The molecule has 2 bridgehead atoms. The number of allylic oxidation sites excluding steroid dienone is 1. The number of anilines is 1. The molecule has 5 rings (SSSR count). The Balaban J connectivity index is 1.44. The number of likely N-dealkylation sites (tertiary alicyclic amines) is 1. The van der Waals surface area contributed by atoms with Crippen LogP contribution in [0.4, 0.5) is 5.69 Å². The number of hydrogen-bond acceptors (Lipinski definition) is 8. The van der Waals surface area contributed by atoms with Gasteiger partial charge in [-0.2, -0.15) is 0 Å². The molecule has 6 atom stereocenters. The molecule has 11 heteroatoms. The molecule has 0 aromatic heterocycles. The first-order valence-electron chi connectivity index (χ1n) is 17.1. The van der Waals surface area contributed by atoms with Gasteiger partial charge in [-0.05, 0) is 68.4 Å². The highest BCUT2D eigenvalue weighted by Gasteiger charge is 2.75. The molecule has 2 aromatic carbocycles. The number of esters is 1. The Kier molecular flexibility index (Phi) is 11.9. The van der Waals surface area contributed by atoms with E-state index in [9.17, 15) is 24.3 Å². The van der Waals surface area contributed by atoms with E-state index in [1.807, 2.05) is 30.3 Å². The average Bonchev–Trinajstić information content (AvgIpc) is 3.77. The molecule has 3 saturated heterocycles. The van der Waals surface area contributed by atoms with Crippen LogP contribution in [0.3, 0.4) is 0 Å². The summed E-state index contributed by atoms with van der Waals surface area (Å²) in [5.74, 6) is -2.61. The number of hydrogen-bond donors (Lipinski definition) is 2. The second kappa shape index (κ2) is 16.3. The molecule has 262 valence electrons. The largest absolute Gasteiger partial charge is 0.497 e. The molecule has 1 spiro atoms. The maximum Gasteiger partial charge on any atom is 0.313 e. The molecule has 0 unspecified atom stereocenters. The first-order chi connectivity index (χ1) is 23.8. The number of aliphatic hydroxyl groups is 1. The molecule has 3 aliphatic heterocycles. The first kappa shape index (κ1) is 35.8. The number of rotatable bonds is 18. The molecule has 3 heterocycles. The topological polar surface area (TPSA) is 135 Å². The van der Waals surface area contributed by atoms with Crippen molar-refractivity contribution in [3.8, 4) is 5.75 Å². The van der Waals surface area contributed by atoms with Crippen LogP contribution in [0.2, 0.25) is 0 Å². The summed E-state index contributed by atoms with van der Waals surface area (Å²) >= 11 is 0. The number of benzene rings is 2. The first-order valence-corrected chi connectivity index (χ1v) is 17.1. The number of amides is 3. The monoisotopic (exact) mass is 673 g/mol. The molecule has 3 fully saturated rings. The van der Waals surface area contributed by atoms with Gasteiger partial charge in [0, 0.05) is 31.8 Å². The lowest BCUT2D eigenvalue weighted by Gasteiger charge is -2.37. The summed E-state index contributed by atoms with van der Waals surface area (Å²) in [4.78, 5) is 58.9. The van der Waals surface area contributed by atoms with E-state index < -0.39 is 41.7 Å². The zero-order valence-corrected chi connectivity index (χ0v) is 28.1. The van der Waals surface area contributed by atoms with Crippen molar-refractivity contribution in [2.75, 3.05) is 38.3 Å². The predicted octanol–water partition coefficient (Wildman–Crippen LogP) is 4.12. The van der Waals surface area contributed by atoms with Crippen molar-refractivity contribution in [2.24, 2.45) is 11.8 Å². The Morgan fingerprint density at radius 3 is 2.53 bits per heavy atom. The van der Waals surface area contributed by atoms with Crippen LogP contribution < -0.4 is 15.0 Å². The number of carbonyl (C=O) groups is 4. The number of fused-ring (bicyclic) bond motifs is 1. The molecule has 3 amide bonds. The predicted molar refractivity (Wildman–Crippen MR) is 184 cm³/mol. The number of aliphatic hydroxyl groups excluding tert-OH is 1. The Labute approximate surface area is 287 Å². The van der Waals surface area contributed by atoms with Gasteiger partial charge >= 0.3 is 5.97 Å². The Morgan fingerprint density at radius 2 is 1.86 bits per heavy atom. The van der Waals surface area contributed by atoms with Crippen LogP contribution in [-0.2, 0) is 28.7 Å². The number of unbranched alkanes of at least 4 members (excludes halogenated alkanes) is 2. The normalized spacial score (nSPS) is 24.2. The van der Waals surface area contributed by atoms with Crippen molar-refractivity contribution < 1.29 is 38.5 Å². The third kappa shape index (κ3) is 7.43. The minimum atomic E-state index is -1.22. The van der Waals surface area contributed by atoms with E-state index in [1.54, 1.807) is 53.3 Å². The summed E-state index contributed by atoms with van der Waals surface area (Å²) in [7, 11) is 1.57. The number of ether oxygens (including phenoxy) is 3. The van der Waals surface area contributed by atoms with E-state index in [0.29, 0.717) is 55.5 Å². The lowest BCUT2D eigenvalue weighted by molar-refractivity contribution is -0.160. The zero-order valence-electron chi connectivity index (χ0n) is 28.1. The average molecular weight is 674 g/mol. The number of carbonyl (C=O) groups excluding carboxylic acids is 4. The van der Waals surface area contributed by atoms with Gasteiger partial charge in [0.2, 0.25) is 11.8 Å². The fourth-order valence-electron chi connectivity index (χ4n) is 7.52. The van der Waals surface area contributed by atoms with Gasteiger partial charge in [-0.15, -0.1) is 13.2 Å². The van der Waals surface area contributed by atoms with E-state index in [2.05, 4.69) is 18.5 Å². The third-order valence-corrected chi connectivity index (χ3v) is 9.82. The van der Waals surface area contributed by atoms with Crippen LogP contribution in [0.5, 0.6) is 5.75 Å². The van der Waals surface area contributed by atoms with Crippen LogP contribution in [0.1, 0.15) is 56.6 Å². The molecule has 2 aromatic rings. The molecule has 3 aliphatic rings. The number of nitrogens with one attached hydrogen (secondary N) is 1. The highest BCUT2D eigenvalue weighted by molar-refractivity contribution is 6.04. The van der Waals surface area contributed by atoms with Gasteiger partial charge in [0.05, 0.1) is 31.6 Å². The maximum absolute atomic E-state index is 14.7. The summed E-state index contributed by atoms with van der Waals surface area (Å²) in [6.45, 7) is 8.09. The Morgan fingerprint density at radius 1 is 1.10 bits per heavy atom. The summed E-state index contributed by atoms with van der Waals surface area (Å²) in [5.41, 5.74) is 0.101. The molecule has 49 heavy (non-hydrogen) atoms. The van der Waals surface area contributed by atoms with E-state index in [4.69, 9.17) is 14.2 Å². The summed E-state index contributed by atoms with van der Waals surface area (Å²) in [6.07, 6.45) is 5.43. The second-order valence-electron chi connectivity index (χ2n) is 12.8. The van der Waals surface area contributed by atoms with Crippen molar-refractivity contribution in [3.63, 3.8) is 0 Å². The molecule has 2 N–H and O–H groups in total. The molecule has 0 aliphatic carbocycles. The van der Waals surface area contributed by atoms with Crippen molar-refractivity contribution in [2.45, 2.75) is 68.8 Å². The van der Waals surface area contributed by atoms with E-state index in [1.165, 1.54) is 0 Å². The van der Waals surface area contributed by atoms with Gasteiger partial charge in [0.1, 0.15) is 23.5 Å².